The Bertz CT molecular complexity index is 1380. The van der Waals surface area contributed by atoms with Crippen LogP contribution in [-0.2, 0) is 11.3 Å². The number of thiophene rings is 1. The van der Waals surface area contributed by atoms with E-state index >= 15 is 0 Å². The first kappa shape index (κ1) is 20.9. The number of hydrogen-bond donors (Lipinski definition) is 0. The summed E-state index contributed by atoms with van der Waals surface area (Å²) in [7, 11) is 0. The van der Waals surface area contributed by atoms with Crippen molar-refractivity contribution in [1.29, 1.82) is 0 Å². The summed E-state index contributed by atoms with van der Waals surface area (Å²) in [6, 6.07) is 17.8. The lowest BCUT2D eigenvalue weighted by atomic mass is 10.1. The first-order valence-corrected chi connectivity index (χ1v) is 11.9. The Morgan fingerprint density at radius 2 is 1.76 bits per heavy atom. The van der Waals surface area contributed by atoms with Crippen LogP contribution in [0.3, 0.4) is 0 Å². The molecule has 0 spiro atoms. The van der Waals surface area contributed by atoms with Crippen molar-refractivity contribution < 1.29 is 13.9 Å². The number of ether oxygens (including phenoxy) is 2. The SMILES string of the molecule is c1ccc(-c2csc3nc(CN4CCOCC4)nc(Oc4ccc(-c5nnco5)cc4)c23)cc1. The van der Waals surface area contributed by atoms with Crippen LogP contribution in [0, 0.1) is 0 Å². The molecule has 3 aromatic heterocycles. The summed E-state index contributed by atoms with van der Waals surface area (Å²) in [4.78, 5) is 13.0. The second-order valence-electron chi connectivity index (χ2n) is 7.90. The van der Waals surface area contributed by atoms with Crippen LogP contribution < -0.4 is 4.74 Å². The fraction of sp³-hybridized carbons (Fsp3) is 0.200. The van der Waals surface area contributed by atoms with E-state index < -0.39 is 0 Å². The van der Waals surface area contributed by atoms with Crippen LogP contribution in [-0.4, -0.2) is 51.4 Å². The molecule has 5 aromatic rings. The van der Waals surface area contributed by atoms with Gasteiger partial charge in [0.15, 0.2) is 0 Å². The lowest BCUT2D eigenvalue weighted by Gasteiger charge is -2.25. The van der Waals surface area contributed by atoms with Crippen LogP contribution in [0.25, 0.3) is 32.8 Å². The molecule has 2 aromatic carbocycles. The highest BCUT2D eigenvalue weighted by Crippen LogP contribution is 2.39. The number of aromatic nitrogens is 4. The standard InChI is InChI=1S/C25H21N5O3S/c1-2-4-17(5-3-1)20-15-34-25-22(20)24(27-21(28-25)14-30-10-12-31-13-11-30)33-19-8-6-18(7-9-19)23-29-26-16-32-23/h1-9,15-16H,10-14H2. The molecule has 1 aliphatic rings. The highest BCUT2D eigenvalue weighted by atomic mass is 32.1. The van der Waals surface area contributed by atoms with E-state index in [9.17, 15) is 0 Å². The second kappa shape index (κ2) is 9.30. The number of morpholine rings is 1. The quantitative estimate of drug-likeness (QED) is 0.341. The fourth-order valence-corrected chi connectivity index (χ4v) is 4.92. The van der Waals surface area contributed by atoms with Crippen molar-refractivity contribution in [3.8, 4) is 34.2 Å². The maximum atomic E-state index is 6.36. The van der Waals surface area contributed by atoms with Gasteiger partial charge in [-0.1, -0.05) is 30.3 Å². The molecule has 0 aliphatic carbocycles. The summed E-state index contributed by atoms with van der Waals surface area (Å²) < 4.78 is 17.1. The smallest absolute Gasteiger partial charge is 0.247 e. The normalized spacial score (nSPS) is 14.5. The van der Waals surface area contributed by atoms with Gasteiger partial charge in [0.05, 0.1) is 25.1 Å². The molecule has 34 heavy (non-hydrogen) atoms. The van der Waals surface area contributed by atoms with E-state index in [1.54, 1.807) is 11.3 Å². The van der Waals surface area contributed by atoms with Gasteiger partial charge in [0.2, 0.25) is 18.2 Å². The predicted molar refractivity (Wildman–Crippen MR) is 129 cm³/mol. The average Bonchev–Trinajstić information content (AvgIpc) is 3.57. The van der Waals surface area contributed by atoms with E-state index in [0.717, 1.165) is 59.0 Å². The van der Waals surface area contributed by atoms with Crippen molar-refractivity contribution >= 4 is 21.6 Å². The molecule has 0 unspecified atom stereocenters. The van der Waals surface area contributed by atoms with E-state index in [1.165, 1.54) is 6.39 Å². The van der Waals surface area contributed by atoms with Crippen LogP contribution in [0.2, 0.25) is 0 Å². The minimum absolute atomic E-state index is 0.466. The fourth-order valence-electron chi connectivity index (χ4n) is 3.96. The first-order chi connectivity index (χ1) is 16.8. The maximum absolute atomic E-state index is 6.36. The summed E-state index contributed by atoms with van der Waals surface area (Å²) in [5.41, 5.74) is 3.00. The van der Waals surface area contributed by atoms with Gasteiger partial charge in [-0.25, -0.2) is 4.98 Å². The minimum Gasteiger partial charge on any atom is -0.438 e. The molecule has 0 radical (unpaired) electrons. The molecule has 0 amide bonds. The molecule has 170 valence electrons. The Morgan fingerprint density at radius 1 is 0.941 bits per heavy atom. The monoisotopic (exact) mass is 471 g/mol. The topological polar surface area (TPSA) is 86.4 Å². The van der Waals surface area contributed by atoms with Crippen LogP contribution in [0.5, 0.6) is 11.6 Å². The van der Waals surface area contributed by atoms with Gasteiger partial charge in [-0.3, -0.25) is 4.90 Å². The third-order valence-electron chi connectivity index (χ3n) is 5.68. The highest BCUT2D eigenvalue weighted by molar-refractivity contribution is 7.17. The van der Waals surface area contributed by atoms with E-state index in [2.05, 4.69) is 32.6 Å². The van der Waals surface area contributed by atoms with Gasteiger partial charge in [0.25, 0.3) is 0 Å². The summed E-state index contributed by atoms with van der Waals surface area (Å²) >= 11 is 1.61. The Balaban J connectivity index is 1.38. The third kappa shape index (κ3) is 4.28. The van der Waals surface area contributed by atoms with Gasteiger partial charge in [-0.15, -0.1) is 21.5 Å². The highest BCUT2D eigenvalue weighted by Gasteiger charge is 2.19. The Hall–Kier alpha value is -3.66. The van der Waals surface area contributed by atoms with E-state index in [0.29, 0.717) is 24.1 Å². The summed E-state index contributed by atoms with van der Waals surface area (Å²) in [5.74, 6) is 2.44. The molecule has 6 rings (SSSR count). The van der Waals surface area contributed by atoms with Gasteiger partial charge in [0.1, 0.15) is 16.4 Å². The van der Waals surface area contributed by atoms with E-state index in [4.69, 9.17) is 23.9 Å². The molecule has 9 heteroatoms. The van der Waals surface area contributed by atoms with Gasteiger partial charge in [-0.2, -0.15) is 4.98 Å². The Labute approximate surface area is 199 Å². The maximum Gasteiger partial charge on any atom is 0.247 e. The third-order valence-corrected chi connectivity index (χ3v) is 6.55. The Kier molecular flexibility index (Phi) is 5.72. The molecular weight excluding hydrogens is 450 g/mol. The largest absolute Gasteiger partial charge is 0.438 e. The van der Waals surface area contributed by atoms with Crippen molar-refractivity contribution in [2.45, 2.75) is 6.54 Å². The van der Waals surface area contributed by atoms with Gasteiger partial charge < -0.3 is 13.9 Å². The summed E-state index contributed by atoms with van der Waals surface area (Å²) in [6.07, 6.45) is 1.31. The van der Waals surface area contributed by atoms with Crippen molar-refractivity contribution in [1.82, 2.24) is 25.1 Å². The van der Waals surface area contributed by atoms with Crippen LogP contribution >= 0.6 is 11.3 Å². The zero-order valence-electron chi connectivity index (χ0n) is 18.3. The molecule has 8 nitrogen and oxygen atoms in total. The predicted octanol–water partition coefficient (Wildman–Crippen LogP) is 5.03. The number of benzene rings is 2. The first-order valence-electron chi connectivity index (χ1n) is 11.0. The molecule has 0 N–H and O–H groups in total. The van der Waals surface area contributed by atoms with E-state index in [1.807, 2.05) is 42.5 Å². The number of hydrogen-bond acceptors (Lipinski definition) is 9. The van der Waals surface area contributed by atoms with E-state index in [-0.39, 0.29) is 0 Å². The molecule has 1 saturated heterocycles. The van der Waals surface area contributed by atoms with Crippen molar-refractivity contribution in [3.63, 3.8) is 0 Å². The summed E-state index contributed by atoms with van der Waals surface area (Å²) in [6.45, 7) is 3.86. The molecule has 0 atom stereocenters. The molecular formula is C25H21N5O3S. The van der Waals surface area contributed by atoms with Crippen molar-refractivity contribution in [2.24, 2.45) is 0 Å². The summed E-state index contributed by atoms with van der Waals surface area (Å²) in [5, 5.41) is 10.7. The van der Waals surface area contributed by atoms with Crippen LogP contribution in [0.1, 0.15) is 5.82 Å². The average molecular weight is 472 g/mol. The molecule has 1 fully saturated rings. The minimum atomic E-state index is 0.466. The van der Waals surface area contributed by atoms with Gasteiger partial charge in [-0.05, 0) is 29.8 Å². The zero-order valence-corrected chi connectivity index (χ0v) is 19.1. The lowest BCUT2D eigenvalue weighted by molar-refractivity contribution is 0.0330. The Morgan fingerprint density at radius 3 is 2.53 bits per heavy atom. The molecule has 1 aliphatic heterocycles. The number of nitrogens with zero attached hydrogens (tertiary/aromatic N) is 5. The number of fused-ring (bicyclic) bond motifs is 1. The lowest BCUT2D eigenvalue weighted by Crippen LogP contribution is -2.36. The molecule has 0 bridgehead atoms. The molecule has 4 heterocycles. The molecule has 0 saturated carbocycles. The zero-order chi connectivity index (χ0) is 22.7. The van der Waals surface area contributed by atoms with Gasteiger partial charge in [0, 0.05) is 29.6 Å². The van der Waals surface area contributed by atoms with Crippen LogP contribution in [0.4, 0.5) is 0 Å². The van der Waals surface area contributed by atoms with Crippen molar-refractivity contribution in [3.05, 3.63) is 72.2 Å². The second-order valence-corrected chi connectivity index (χ2v) is 8.76. The van der Waals surface area contributed by atoms with Gasteiger partial charge >= 0.3 is 0 Å². The number of rotatable bonds is 6. The van der Waals surface area contributed by atoms with Crippen LogP contribution in [0.15, 0.2) is 70.8 Å². The van der Waals surface area contributed by atoms with Crippen molar-refractivity contribution in [2.75, 3.05) is 26.3 Å².